The summed E-state index contributed by atoms with van der Waals surface area (Å²) in [5, 5.41) is 9.40. The van der Waals surface area contributed by atoms with Crippen molar-refractivity contribution in [3.05, 3.63) is 70.9 Å². The molecule has 0 atom stereocenters. The quantitative estimate of drug-likeness (QED) is 0.677. The van der Waals surface area contributed by atoms with E-state index in [4.69, 9.17) is 0 Å². The van der Waals surface area contributed by atoms with Gasteiger partial charge in [0.2, 0.25) is 0 Å². The molecule has 2 aromatic carbocycles. The third kappa shape index (κ3) is 3.76. The van der Waals surface area contributed by atoms with Gasteiger partial charge in [-0.25, -0.2) is 17.6 Å². The molecule has 1 aromatic heterocycles. The van der Waals surface area contributed by atoms with Crippen LogP contribution in [-0.2, 0) is 10.0 Å². The van der Waals surface area contributed by atoms with Gasteiger partial charge in [-0.15, -0.1) is 11.3 Å². The fraction of sp³-hybridized carbons (Fsp3) is 0.0556. The van der Waals surface area contributed by atoms with E-state index in [0.29, 0.717) is 10.4 Å². The molecule has 8 heteroatoms. The minimum absolute atomic E-state index is 0.0247. The molecule has 0 aliphatic heterocycles. The second-order valence-electron chi connectivity index (χ2n) is 5.59. The zero-order valence-corrected chi connectivity index (χ0v) is 15.2. The third-order valence-corrected chi connectivity index (χ3v) is 6.13. The summed E-state index contributed by atoms with van der Waals surface area (Å²) >= 11 is 0.917. The highest BCUT2D eigenvalue weighted by Crippen LogP contribution is 2.36. The first-order chi connectivity index (χ1) is 12.3. The maximum Gasteiger partial charge on any atom is 0.348 e. The van der Waals surface area contributed by atoms with Crippen molar-refractivity contribution in [1.82, 2.24) is 0 Å². The molecule has 3 rings (SSSR count). The van der Waals surface area contributed by atoms with E-state index in [1.165, 1.54) is 42.5 Å². The van der Waals surface area contributed by atoms with E-state index >= 15 is 0 Å². The lowest BCUT2D eigenvalue weighted by Crippen LogP contribution is -2.14. The van der Waals surface area contributed by atoms with Crippen molar-refractivity contribution < 1.29 is 22.7 Å². The van der Waals surface area contributed by atoms with E-state index < -0.39 is 21.8 Å². The lowest BCUT2D eigenvalue weighted by Gasteiger charge is -2.08. The number of anilines is 1. The van der Waals surface area contributed by atoms with Gasteiger partial charge in [0.25, 0.3) is 10.0 Å². The largest absolute Gasteiger partial charge is 0.477 e. The summed E-state index contributed by atoms with van der Waals surface area (Å²) in [4.78, 5) is 11.9. The molecule has 0 fully saturated rings. The number of carbonyl (C=O) groups is 1. The molecule has 2 N–H and O–H groups in total. The summed E-state index contributed by atoms with van der Waals surface area (Å²) in [5.74, 6) is -1.66. The van der Waals surface area contributed by atoms with Crippen molar-refractivity contribution in [2.75, 3.05) is 4.72 Å². The highest BCUT2D eigenvalue weighted by Gasteiger charge is 2.22. The van der Waals surface area contributed by atoms with Gasteiger partial charge in [0.15, 0.2) is 0 Å². The number of benzene rings is 2. The number of carboxylic acid groups (broad SMARTS) is 1. The lowest BCUT2D eigenvalue weighted by molar-refractivity contribution is 0.0703. The smallest absolute Gasteiger partial charge is 0.348 e. The Kier molecular flexibility index (Phi) is 4.80. The van der Waals surface area contributed by atoms with Crippen LogP contribution >= 0.6 is 11.3 Å². The van der Waals surface area contributed by atoms with Crippen molar-refractivity contribution in [3.63, 3.8) is 0 Å². The van der Waals surface area contributed by atoms with Crippen molar-refractivity contribution in [1.29, 1.82) is 0 Å². The summed E-state index contributed by atoms with van der Waals surface area (Å²) in [6.45, 7) is 1.76. The third-order valence-electron chi connectivity index (χ3n) is 3.60. The number of aromatic carboxylic acids is 1. The topological polar surface area (TPSA) is 83.5 Å². The molecule has 3 aromatic rings. The predicted octanol–water partition coefficient (Wildman–Crippen LogP) is 4.36. The number of halogens is 1. The number of thiophene rings is 1. The average molecular weight is 391 g/mol. The van der Waals surface area contributed by atoms with Crippen LogP contribution in [0.25, 0.3) is 10.4 Å². The molecule has 0 saturated carbocycles. The Morgan fingerprint density at radius 1 is 1.12 bits per heavy atom. The molecule has 0 saturated heterocycles. The van der Waals surface area contributed by atoms with Gasteiger partial charge in [0, 0.05) is 4.88 Å². The Balaban J connectivity index is 2.01. The second kappa shape index (κ2) is 6.89. The standard InChI is InChI=1S/C18H14FNO4S2/c1-11-3-2-4-14(9-11)26(23,24)20-15-10-16(25-17(15)18(21)22)12-5-7-13(19)8-6-12/h2-10,20H,1H3,(H,21,22). The first-order valence-electron chi connectivity index (χ1n) is 7.49. The van der Waals surface area contributed by atoms with Gasteiger partial charge < -0.3 is 5.11 Å². The molecule has 0 aliphatic rings. The predicted molar refractivity (Wildman–Crippen MR) is 98.7 cm³/mol. The molecule has 0 radical (unpaired) electrons. The Morgan fingerprint density at radius 3 is 2.42 bits per heavy atom. The number of rotatable bonds is 5. The number of hydrogen-bond donors (Lipinski definition) is 2. The first-order valence-corrected chi connectivity index (χ1v) is 9.79. The molecular formula is C18H14FNO4S2. The van der Waals surface area contributed by atoms with Gasteiger partial charge >= 0.3 is 5.97 Å². The van der Waals surface area contributed by atoms with Crippen LogP contribution in [0.3, 0.4) is 0 Å². The molecular weight excluding hydrogens is 377 g/mol. The van der Waals surface area contributed by atoms with Crippen LogP contribution in [0.5, 0.6) is 0 Å². The number of carboxylic acids is 1. The number of nitrogens with one attached hydrogen (secondary N) is 1. The van der Waals surface area contributed by atoms with Crippen LogP contribution < -0.4 is 4.72 Å². The van der Waals surface area contributed by atoms with Crippen molar-refractivity contribution in [3.8, 4) is 10.4 Å². The molecule has 0 aliphatic carbocycles. The summed E-state index contributed by atoms with van der Waals surface area (Å²) in [6, 6.07) is 13.3. The van der Waals surface area contributed by atoms with Gasteiger partial charge in [0.1, 0.15) is 10.7 Å². The number of sulfonamides is 1. The van der Waals surface area contributed by atoms with Gasteiger partial charge in [-0.3, -0.25) is 4.72 Å². The van der Waals surface area contributed by atoms with Crippen LogP contribution in [0.1, 0.15) is 15.2 Å². The Bertz CT molecular complexity index is 1070. The van der Waals surface area contributed by atoms with E-state index in [1.54, 1.807) is 19.1 Å². The lowest BCUT2D eigenvalue weighted by atomic mass is 10.2. The highest BCUT2D eigenvalue weighted by molar-refractivity contribution is 7.92. The van der Waals surface area contributed by atoms with E-state index in [9.17, 15) is 22.7 Å². The molecule has 0 amide bonds. The van der Waals surface area contributed by atoms with E-state index in [1.807, 2.05) is 0 Å². The average Bonchev–Trinajstić information content (AvgIpc) is 2.99. The maximum atomic E-state index is 13.1. The van der Waals surface area contributed by atoms with Gasteiger partial charge in [-0.2, -0.15) is 0 Å². The minimum atomic E-state index is -3.93. The summed E-state index contributed by atoms with van der Waals surface area (Å²) < 4.78 is 40.6. The van der Waals surface area contributed by atoms with E-state index in [0.717, 1.165) is 16.9 Å². The molecule has 26 heavy (non-hydrogen) atoms. The normalized spacial score (nSPS) is 11.3. The first kappa shape index (κ1) is 18.1. The molecule has 134 valence electrons. The number of aryl methyl sites for hydroxylation is 1. The van der Waals surface area contributed by atoms with Crippen molar-refractivity contribution >= 4 is 33.0 Å². The van der Waals surface area contributed by atoms with Crippen LogP contribution in [-0.4, -0.2) is 19.5 Å². The van der Waals surface area contributed by atoms with Crippen LogP contribution in [0.15, 0.2) is 59.5 Å². The summed E-state index contributed by atoms with van der Waals surface area (Å²) in [7, 11) is -3.93. The van der Waals surface area contributed by atoms with Crippen LogP contribution in [0.4, 0.5) is 10.1 Å². The summed E-state index contributed by atoms with van der Waals surface area (Å²) in [5.41, 5.74) is 1.34. The zero-order chi connectivity index (χ0) is 18.9. The maximum absolute atomic E-state index is 13.1. The fourth-order valence-corrected chi connectivity index (χ4v) is 4.56. The fourth-order valence-electron chi connectivity index (χ4n) is 2.37. The van der Waals surface area contributed by atoms with Crippen molar-refractivity contribution in [2.24, 2.45) is 0 Å². The van der Waals surface area contributed by atoms with Crippen LogP contribution in [0, 0.1) is 12.7 Å². The SMILES string of the molecule is Cc1cccc(S(=O)(=O)Nc2cc(-c3ccc(F)cc3)sc2C(=O)O)c1. The number of hydrogen-bond acceptors (Lipinski definition) is 4. The Morgan fingerprint density at radius 2 is 1.81 bits per heavy atom. The van der Waals surface area contributed by atoms with E-state index in [-0.39, 0.29) is 15.5 Å². The van der Waals surface area contributed by atoms with E-state index in [2.05, 4.69) is 4.72 Å². The van der Waals surface area contributed by atoms with Crippen molar-refractivity contribution in [2.45, 2.75) is 11.8 Å². The second-order valence-corrected chi connectivity index (χ2v) is 8.32. The van der Waals surface area contributed by atoms with Gasteiger partial charge in [0.05, 0.1) is 10.6 Å². The van der Waals surface area contributed by atoms with Gasteiger partial charge in [-0.1, -0.05) is 24.3 Å². The minimum Gasteiger partial charge on any atom is -0.477 e. The molecule has 0 spiro atoms. The highest BCUT2D eigenvalue weighted by atomic mass is 32.2. The van der Waals surface area contributed by atoms with Crippen LogP contribution in [0.2, 0.25) is 0 Å². The molecule has 0 unspecified atom stereocenters. The molecule has 0 bridgehead atoms. The monoisotopic (exact) mass is 391 g/mol. The molecule has 5 nitrogen and oxygen atoms in total. The van der Waals surface area contributed by atoms with Gasteiger partial charge in [-0.05, 0) is 48.4 Å². The Hall–Kier alpha value is -2.71. The Labute approximate surface area is 153 Å². The zero-order valence-electron chi connectivity index (χ0n) is 13.6. The molecule has 1 heterocycles. The summed E-state index contributed by atoms with van der Waals surface area (Å²) in [6.07, 6.45) is 0.